The number of carbonyl (C=O) groups is 1. The molecular formula is C9H15N3OS. The molecule has 14 heavy (non-hydrogen) atoms. The lowest BCUT2D eigenvalue weighted by molar-refractivity contribution is -0.121. The van der Waals surface area contributed by atoms with Crippen LogP contribution in [0, 0.1) is 0 Å². The number of aromatic nitrogens is 1. The maximum Gasteiger partial charge on any atom is 0.242 e. The standard InChI is InChI=1S/C9H15N3OS/c1-3-4-10-8(13)7(2)12-9-11-5-6-14-9/h5-7H,3-4H2,1-2H3,(H,10,13)(H,11,12). The Morgan fingerprint density at radius 2 is 2.50 bits per heavy atom. The van der Waals surface area contributed by atoms with E-state index in [9.17, 15) is 4.79 Å². The van der Waals surface area contributed by atoms with Gasteiger partial charge in [-0.15, -0.1) is 11.3 Å². The maximum absolute atomic E-state index is 11.4. The van der Waals surface area contributed by atoms with Crippen molar-refractivity contribution in [3.8, 4) is 0 Å². The summed E-state index contributed by atoms with van der Waals surface area (Å²) in [6, 6.07) is -0.229. The number of rotatable bonds is 5. The van der Waals surface area contributed by atoms with Crippen molar-refractivity contribution in [2.45, 2.75) is 26.3 Å². The minimum absolute atomic E-state index is 0.0158. The van der Waals surface area contributed by atoms with Crippen molar-refractivity contribution in [1.82, 2.24) is 10.3 Å². The summed E-state index contributed by atoms with van der Waals surface area (Å²) < 4.78 is 0. The van der Waals surface area contributed by atoms with Crippen LogP contribution in [0.3, 0.4) is 0 Å². The van der Waals surface area contributed by atoms with Crippen LogP contribution in [0.2, 0.25) is 0 Å². The molecule has 0 bridgehead atoms. The lowest BCUT2D eigenvalue weighted by atomic mass is 10.3. The number of carbonyl (C=O) groups excluding carboxylic acids is 1. The fourth-order valence-electron chi connectivity index (χ4n) is 0.947. The molecule has 2 N–H and O–H groups in total. The lowest BCUT2D eigenvalue weighted by Gasteiger charge is -2.12. The molecule has 1 rings (SSSR count). The Hall–Kier alpha value is -1.10. The van der Waals surface area contributed by atoms with Crippen LogP contribution in [0.25, 0.3) is 0 Å². The minimum Gasteiger partial charge on any atom is -0.354 e. The molecule has 1 unspecified atom stereocenters. The zero-order chi connectivity index (χ0) is 10.4. The van der Waals surface area contributed by atoms with Gasteiger partial charge in [0.05, 0.1) is 0 Å². The summed E-state index contributed by atoms with van der Waals surface area (Å²) in [7, 11) is 0. The van der Waals surface area contributed by atoms with E-state index in [0.29, 0.717) is 0 Å². The third-order valence-electron chi connectivity index (χ3n) is 1.71. The molecule has 0 fully saturated rings. The second-order valence-corrected chi connectivity index (χ2v) is 3.89. The molecule has 0 aliphatic carbocycles. The maximum atomic E-state index is 11.4. The highest BCUT2D eigenvalue weighted by atomic mass is 32.1. The van der Waals surface area contributed by atoms with Crippen molar-refractivity contribution in [2.24, 2.45) is 0 Å². The van der Waals surface area contributed by atoms with Crippen molar-refractivity contribution in [1.29, 1.82) is 0 Å². The number of nitrogens with zero attached hydrogens (tertiary/aromatic N) is 1. The molecule has 1 amide bonds. The van der Waals surface area contributed by atoms with E-state index in [4.69, 9.17) is 0 Å². The monoisotopic (exact) mass is 213 g/mol. The minimum atomic E-state index is -0.229. The van der Waals surface area contributed by atoms with Crippen LogP contribution in [-0.2, 0) is 4.79 Å². The third-order valence-corrected chi connectivity index (χ3v) is 2.42. The van der Waals surface area contributed by atoms with E-state index in [1.54, 1.807) is 6.20 Å². The molecule has 0 aliphatic heterocycles. The van der Waals surface area contributed by atoms with E-state index >= 15 is 0 Å². The molecule has 1 aromatic rings. The summed E-state index contributed by atoms with van der Waals surface area (Å²) >= 11 is 1.49. The quantitative estimate of drug-likeness (QED) is 0.778. The Labute approximate surface area is 87.7 Å². The Bertz CT molecular complexity index is 274. The van der Waals surface area contributed by atoms with Gasteiger partial charge in [0, 0.05) is 18.1 Å². The van der Waals surface area contributed by atoms with E-state index < -0.39 is 0 Å². The average molecular weight is 213 g/mol. The molecule has 0 saturated heterocycles. The fraction of sp³-hybridized carbons (Fsp3) is 0.556. The van der Waals surface area contributed by atoms with E-state index in [1.807, 2.05) is 19.2 Å². The van der Waals surface area contributed by atoms with Crippen LogP contribution < -0.4 is 10.6 Å². The van der Waals surface area contributed by atoms with Gasteiger partial charge < -0.3 is 10.6 Å². The molecular weight excluding hydrogens is 198 g/mol. The molecule has 1 heterocycles. The third kappa shape index (κ3) is 3.33. The van der Waals surface area contributed by atoms with Gasteiger partial charge in [-0.2, -0.15) is 0 Å². The van der Waals surface area contributed by atoms with Crippen LogP contribution >= 0.6 is 11.3 Å². The predicted octanol–water partition coefficient (Wildman–Crippen LogP) is 1.47. The number of hydrogen-bond acceptors (Lipinski definition) is 4. The van der Waals surface area contributed by atoms with Crippen LogP contribution in [0.1, 0.15) is 20.3 Å². The van der Waals surface area contributed by atoms with Gasteiger partial charge in [0.2, 0.25) is 5.91 Å². The number of thiazole rings is 1. The first kappa shape index (κ1) is 11.0. The highest BCUT2D eigenvalue weighted by molar-refractivity contribution is 7.13. The normalized spacial score (nSPS) is 12.1. The van der Waals surface area contributed by atoms with Gasteiger partial charge >= 0.3 is 0 Å². The first-order valence-corrected chi connectivity index (χ1v) is 5.55. The SMILES string of the molecule is CCCNC(=O)C(C)Nc1nccs1. The Balaban J connectivity index is 2.34. The van der Waals surface area contributed by atoms with Crippen molar-refractivity contribution >= 4 is 22.4 Å². The highest BCUT2D eigenvalue weighted by Crippen LogP contribution is 2.11. The van der Waals surface area contributed by atoms with E-state index in [2.05, 4.69) is 15.6 Å². The molecule has 0 spiro atoms. The molecule has 1 atom stereocenters. The van der Waals surface area contributed by atoms with E-state index in [1.165, 1.54) is 11.3 Å². The van der Waals surface area contributed by atoms with Crippen molar-refractivity contribution in [3.05, 3.63) is 11.6 Å². The van der Waals surface area contributed by atoms with Crippen molar-refractivity contribution in [2.75, 3.05) is 11.9 Å². The zero-order valence-corrected chi connectivity index (χ0v) is 9.23. The van der Waals surface area contributed by atoms with Crippen molar-refractivity contribution < 1.29 is 4.79 Å². The van der Waals surface area contributed by atoms with Crippen LogP contribution in [0.4, 0.5) is 5.13 Å². The highest BCUT2D eigenvalue weighted by Gasteiger charge is 2.11. The first-order valence-electron chi connectivity index (χ1n) is 4.67. The van der Waals surface area contributed by atoms with Crippen molar-refractivity contribution in [3.63, 3.8) is 0 Å². The summed E-state index contributed by atoms with van der Waals surface area (Å²) in [6.07, 6.45) is 2.67. The second kappa shape index (κ2) is 5.59. The molecule has 5 heteroatoms. The number of amides is 1. The average Bonchev–Trinajstić information content (AvgIpc) is 2.66. The Morgan fingerprint density at radius 3 is 3.07 bits per heavy atom. The topological polar surface area (TPSA) is 54.0 Å². The predicted molar refractivity (Wildman–Crippen MR) is 58.5 cm³/mol. The first-order chi connectivity index (χ1) is 6.74. The van der Waals surface area contributed by atoms with Gasteiger partial charge in [0.25, 0.3) is 0 Å². The van der Waals surface area contributed by atoms with Gasteiger partial charge in [-0.3, -0.25) is 4.79 Å². The van der Waals surface area contributed by atoms with Gasteiger partial charge in [-0.05, 0) is 13.3 Å². The smallest absolute Gasteiger partial charge is 0.242 e. The largest absolute Gasteiger partial charge is 0.354 e. The Morgan fingerprint density at radius 1 is 1.71 bits per heavy atom. The Kier molecular flexibility index (Phi) is 4.39. The molecule has 0 saturated carbocycles. The lowest BCUT2D eigenvalue weighted by Crippen LogP contribution is -2.37. The number of hydrogen-bond donors (Lipinski definition) is 2. The summed E-state index contributed by atoms with van der Waals surface area (Å²) in [4.78, 5) is 15.5. The van der Waals surface area contributed by atoms with E-state index in [-0.39, 0.29) is 11.9 Å². The summed E-state index contributed by atoms with van der Waals surface area (Å²) in [6.45, 7) is 4.58. The summed E-state index contributed by atoms with van der Waals surface area (Å²) in [5.74, 6) is 0.0158. The summed E-state index contributed by atoms with van der Waals surface area (Å²) in [5, 5.41) is 8.50. The number of nitrogens with one attached hydrogen (secondary N) is 2. The van der Waals surface area contributed by atoms with Gasteiger partial charge in [-0.25, -0.2) is 4.98 Å². The molecule has 78 valence electrons. The van der Waals surface area contributed by atoms with Gasteiger partial charge in [0.1, 0.15) is 6.04 Å². The molecule has 0 aliphatic rings. The summed E-state index contributed by atoms with van der Waals surface area (Å²) in [5.41, 5.74) is 0. The zero-order valence-electron chi connectivity index (χ0n) is 8.41. The van der Waals surface area contributed by atoms with E-state index in [0.717, 1.165) is 18.1 Å². The van der Waals surface area contributed by atoms with Crippen LogP contribution in [0.5, 0.6) is 0 Å². The van der Waals surface area contributed by atoms with Crippen LogP contribution in [-0.4, -0.2) is 23.5 Å². The molecule has 1 aromatic heterocycles. The fourth-order valence-corrected chi connectivity index (χ4v) is 1.56. The second-order valence-electron chi connectivity index (χ2n) is 2.99. The molecule has 4 nitrogen and oxygen atoms in total. The van der Waals surface area contributed by atoms with Gasteiger partial charge in [0.15, 0.2) is 5.13 Å². The molecule has 0 radical (unpaired) electrons. The molecule has 0 aromatic carbocycles. The number of anilines is 1. The van der Waals surface area contributed by atoms with Crippen LogP contribution in [0.15, 0.2) is 11.6 Å². The van der Waals surface area contributed by atoms with Gasteiger partial charge in [-0.1, -0.05) is 6.92 Å².